The fraction of sp³-hybridized carbons (Fsp3) is 0.333. The van der Waals surface area contributed by atoms with Crippen LogP contribution in [0.15, 0.2) is 18.2 Å². The highest BCUT2D eigenvalue weighted by Gasteiger charge is 2.28. The molecule has 0 bridgehead atoms. The zero-order chi connectivity index (χ0) is 18.0. The Morgan fingerprint density at radius 3 is 2.76 bits per heavy atom. The van der Waals surface area contributed by atoms with Gasteiger partial charge >= 0.3 is 5.97 Å². The van der Waals surface area contributed by atoms with Gasteiger partial charge in [-0.25, -0.2) is 9.18 Å². The van der Waals surface area contributed by atoms with Gasteiger partial charge in [-0.1, -0.05) is 17.7 Å². The van der Waals surface area contributed by atoms with Gasteiger partial charge < -0.3 is 10.1 Å². The number of anilines is 1. The smallest absolute Gasteiger partial charge is 0.341 e. The quantitative estimate of drug-likeness (QED) is 0.770. The number of carbonyl (C=O) groups excluding carboxylic acids is 2. The number of rotatable bonds is 4. The second-order valence-corrected chi connectivity index (χ2v) is 7.20. The topological polar surface area (TPSA) is 55.4 Å². The predicted molar refractivity (Wildman–Crippen MR) is 96.3 cm³/mol. The van der Waals surface area contributed by atoms with Crippen LogP contribution < -0.4 is 5.32 Å². The Morgan fingerprint density at radius 2 is 2.04 bits per heavy atom. The van der Waals surface area contributed by atoms with Crippen LogP contribution in [0.5, 0.6) is 0 Å². The van der Waals surface area contributed by atoms with Crippen molar-refractivity contribution in [2.24, 2.45) is 0 Å². The van der Waals surface area contributed by atoms with Gasteiger partial charge in [0, 0.05) is 4.88 Å². The Labute approximate surface area is 153 Å². The molecule has 0 fully saturated rings. The largest absolute Gasteiger partial charge is 0.462 e. The van der Waals surface area contributed by atoms with E-state index in [2.05, 4.69) is 5.32 Å². The first-order valence-corrected chi connectivity index (χ1v) is 9.29. The van der Waals surface area contributed by atoms with Crippen molar-refractivity contribution in [1.29, 1.82) is 0 Å². The first kappa shape index (κ1) is 17.9. The van der Waals surface area contributed by atoms with Gasteiger partial charge in [0.1, 0.15) is 10.8 Å². The van der Waals surface area contributed by atoms with Crippen LogP contribution in [0.4, 0.5) is 9.39 Å². The van der Waals surface area contributed by atoms with Gasteiger partial charge in [-0.2, -0.15) is 0 Å². The molecule has 1 heterocycles. The molecule has 1 amide bonds. The van der Waals surface area contributed by atoms with E-state index in [1.165, 1.54) is 29.5 Å². The number of amides is 1. The SMILES string of the molecule is CCOC(=O)c1c(NC(=O)c2c(F)cccc2Cl)sc2c1CCCC2. The first-order chi connectivity index (χ1) is 12.0. The average molecular weight is 382 g/mol. The molecule has 0 unspecified atom stereocenters. The van der Waals surface area contributed by atoms with E-state index in [1.54, 1.807) is 6.92 Å². The number of thiophene rings is 1. The maximum atomic E-state index is 14.0. The molecule has 1 aliphatic carbocycles. The van der Waals surface area contributed by atoms with Crippen LogP contribution in [-0.2, 0) is 17.6 Å². The summed E-state index contributed by atoms with van der Waals surface area (Å²) in [6, 6.07) is 4.06. The average Bonchev–Trinajstić information content (AvgIpc) is 2.92. The molecular formula is C18H17ClFNO3S. The lowest BCUT2D eigenvalue weighted by atomic mass is 9.95. The summed E-state index contributed by atoms with van der Waals surface area (Å²) in [5.74, 6) is -1.84. The van der Waals surface area contributed by atoms with Crippen molar-refractivity contribution in [2.45, 2.75) is 32.6 Å². The Morgan fingerprint density at radius 1 is 1.28 bits per heavy atom. The van der Waals surface area contributed by atoms with E-state index in [9.17, 15) is 14.0 Å². The molecular weight excluding hydrogens is 365 g/mol. The van der Waals surface area contributed by atoms with Crippen molar-refractivity contribution >= 4 is 39.8 Å². The number of hydrogen-bond donors (Lipinski definition) is 1. The monoisotopic (exact) mass is 381 g/mol. The van der Waals surface area contributed by atoms with Crippen LogP contribution in [0.2, 0.25) is 5.02 Å². The lowest BCUT2D eigenvalue weighted by Crippen LogP contribution is -2.17. The van der Waals surface area contributed by atoms with Gasteiger partial charge in [-0.3, -0.25) is 4.79 Å². The van der Waals surface area contributed by atoms with Crippen molar-refractivity contribution in [3.05, 3.63) is 50.6 Å². The molecule has 1 aromatic carbocycles. The molecule has 4 nitrogen and oxygen atoms in total. The van der Waals surface area contributed by atoms with Crippen molar-refractivity contribution in [3.8, 4) is 0 Å². The number of benzene rings is 1. The van der Waals surface area contributed by atoms with E-state index < -0.39 is 17.7 Å². The maximum absolute atomic E-state index is 14.0. The highest BCUT2D eigenvalue weighted by molar-refractivity contribution is 7.17. The van der Waals surface area contributed by atoms with E-state index in [1.807, 2.05) is 0 Å². The molecule has 132 valence electrons. The van der Waals surface area contributed by atoms with Crippen LogP contribution >= 0.6 is 22.9 Å². The summed E-state index contributed by atoms with van der Waals surface area (Å²) in [6.45, 7) is 1.98. The van der Waals surface area contributed by atoms with Crippen molar-refractivity contribution in [2.75, 3.05) is 11.9 Å². The van der Waals surface area contributed by atoms with E-state index >= 15 is 0 Å². The second kappa shape index (κ2) is 7.54. The standard InChI is InChI=1S/C18H17ClFNO3S/c1-2-24-18(23)14-10-6-3-4-9-13(10)25-17(14)21-16(22)15-11(19)7-5-8-12(15)20/h5,7-8H,2-4,6,9H2,1H3,(H,21,22). The molecule has 0 saturated carbocycles. The number of carbonyl (C=O) groups is 2. The van der Waals surface area contributed by atoms with Crippen LogP contribution in [0, 0.1) is 5.82 Å². The first-order valence-electron chi connectivity index (χ1n) is 8.10. The highest BCUT2D eigenvalue weighted by atomic mass is 35.5. The Kier molecular flexibility index (Phi) is 5.39. The number of halogens is 2. The Balaban J connectivity index is 1.98. The van der Waals surface area contributed by atoms with Crippen LogP contribution in [-0.4, -0.2) is 18.5 Å². The molecule has 0 aliphatic heterocycles. The van der Waals surface area contributed by atoms with Gasteiger partial charge in [0.25, 0.3) is 5.91 Å². The normalized spacial score (nSPS) is 13.2. The van der Waals surface area contributed by atoms with E-state index in [0.29, 0.717) is 10.6 Å². The number of esters is 1. The Hall–Kier alpha value is -1.92. The number of aryl methyl sites for hydroxylation is 1. The summed E-state index contributed by atoms with van der Waals surface area (Å²) in [5.41, 5.74) is 1.09. The maximum Gasteiger partial charge on any atom is 0.341 e. The predicted octanol–water partition coefficient (Wildman–Crippen LogP) is 4.85. The highest BCUT2D eigenvalue weighted by Crippen LogP contribution is 2.39. The third-order valence-electron chi connectivity index (χ3n) is 4.07. The van der Waals surface area contributed by atoms with Crippen LogP contribution in [0.1, 0.15) is 50.9 Å². The second-order valence-electron chi connectivity index (χ2n) is 5.69. The van der Waals surface area contributed by atoms with E-state index in [0.717, 1.165) is 36.1 Å². The van der Waals surface area contributed by atoms with E-state index in [-0.39, 0.29) is 17.2 Å². The van der Waals surface area contributed by atoms with Crippen molar-refractivity contribution in [1.82, 2.24) is 0 Å². The molecule has 0 saturated heterocycles. The molecule has 2 aromatic rings. The number of ether oxygens (including phenoxy) is 1. The van der Waals surface area contributed by atoms with Crippen molar-refractivity contribution < 1.29 is 18.7 Å². The van der Waals surface area contributed by atoms with Gasteiger partial charge in [-0.15, -0.1) is 11.3 Å². The zero-order valence-corrected chi connectivity index (χ0v) is 15.2. The molecule has 0 spiro atoms. The van der Waals surface area contributed by atoms with Gasteiger partial charge in [0.05, 0.1) is 22.8 Å². The molecule has 0 radical (unpaired) electrons. The third kappa shape index (κ3) is 3.55. The lowest BCUT2D eigenvalue weighted by Gasteiger charge is -2.12. The number of hydrogen-bond acceptors (Lipinski definition) is 4. The summed E-state index contributed by atoms with van der Waals surface area (Å²) in [7, 11) is 0. The molecule has 1 N–H and O–H groups in total. The summed E-state index contributed by atoms with van der Waals surface area (Å²) < 4.78 is 19.1. The van der Waals surface area contributed by atoms with Gasteiger partial charge in [0.15, 0.2) is 0 Å². The molecule has 1 aliphatic rings. The minimum Gasteiger partial charge on any atom is -0.462 e. The number of nitrogens with one attached hydrogen (secondary N) is 1. The Bertz CT molecular complexity index is 814. The number of fused-ring (bicyclic) bond motifs is 1. The summed E-state index contributed by atoms with van der Waals surface area (Å²) in [4.78, 5) is 26.0. The van der Waals surface area contributed by atoms with Crippen LogP contribution in [0.3, 0.4) is 0 Å². The molecule has 0 atom stereocenters. The third-order valence-corrected chi connectivity index (χ3v) is 5.59. The van der Waals surface area contributed by atoms with Crippen molar-refractivity contribution in [3.63, 3.8) is 0 Å². The zero-order valence-electron chi connectivity index (χ0n) is 13.7. The lowest BCUT2D eigenvalue weighted by molar-refractivity contribution is 0.0526. The molecule has 7 heteroatoms. The summed E-state index contributed by atoms with van der Waals surface area (Å²) >= 11 is 7.31. The van der Waals surface area contributed by atoms with E-state index in [4.69, 9.17) is 16.3 Å². The molecule has 3 rings (SSSR count). The summed E-state index contributed by atoms with van der Waals surface area (Å²) in [5, 5.41) is 3.08. The van der Waals surface area contributed by atoms with Gasteiger partial charge in [0.2, 0.25) is 0 Å². The van der Waals surface area contributed by atoms with Crippen LogP contribution in [0.25, 0.3) is 0 Å². The minimum absolute atomic E-state index is 0.0245. The minimum atomic E-state index is -0.705. The molecule has 1 aromatic heterocycles. The molecule has 25 heavy (non-hydrogen) atoms. The summed E-state index contributed by atoms with van der Waals surface area (Å²) in [6.07, 6.45) is 3.67. The fourth-order valence-electron chi connectivity index (χ4n) is 2.95. The van der Waals surface area contributed by atoms with Gasteiger partial charge in [-0.05, 0) is 50.3 Å². The fourth-order valence-corrected chi connectivity index (χ4v) is 4.47.